The number of ether oxygens (including phenoxy) is 3. The molecule has 16 heteroatoms. The largest absolute Gasteiger partial charge is 0.468 e. The van der Waals surface area contributed by atoms with Gasteiger partial charge in [0.2, 0.25) is 0 Å². The van der Waals surface area contributed by atoms with E-state index in [4.69, 9.17) is 24.5 Å². The van der Waals surface area contributed by atoms with Crippen molar-refractivity contribution in [3.8, 4) is 0 Å². The number of methoxy groups -OCH3 is 2. The lowest BCUT2D eigenvalue weighted by Crippen LogP contribution is -2.46. The van der Waals surface area contributed by atoms with Crippen molar-refractivity contribution in [1.82, 2.24) is 19.7 Å². The highest BCUT2D eigenvalue weighted by Crippen LogP contribution is 2.67. The normalized spacial score (nSPS) is 30.0. The van der Waals surface area contributed by atoms with Crippen LogP contribution in [0.1, 0.15) is 53.5 Å². The van der Waals surface area contributed by atoms with E-state index in [2.05, 4.69) is 15.2 Å². The van der Waals surface area contributed by atoms with Crippen molar-refractivity contribution >= 4 is 25.4 Å². The molecule has 1 aliphatic heterocycles. The molecule has 0 spiro atoms. The molecule has 0 amide bonds. The summed E-state index contributed by atoms with van der Waals surface area (Å²) in [6.07, 6.45) is -0.916. The zero-order valence-electron chi connectivity index (χ0n) is 24.4. The van der Waals surface area contributed by atoms with Gasteiger partial charge < -0.3 is 34.7 Å². The summed E-state index contributed by atoms with van der Waals surface area (Å²) in [5.74, 6) is -1.38. The van der Waals surface area contributed by atoms with Gasteiger partial charge in [-0.05, 0) is 37.7 Å². The van der Waals surface area contributed by atoms with Crippen molar-refractivity contribution in [2.75, 3.05) is 26.6 Å². The zero-order chi connectivity index (χ0) is 30.9. The number of esters is 2. The highest BCUT2D eigenvalue weighted by atomic mass is 31.2. The number of carbonyl (C=O) groups excluding carboxylic acids is 2. The first-order valence-electron chi connectivity index (χ1n) is 13.4. The number of nitrogens with two attached hydrogens (primary N) is 1. The average molecular weight is 604 g/mol. The summed E-state index contributed by atoms with van der Waals surface area (Å²) in [6.45, 7) is 8.46. The van der Waals surface area contributed by atoms with E-state index in [1.165, 1.54) is 33.4 Å². The van der Waals surface area contributed by atoms with Gasteiger partial charge >= 0.3 is 25.3 Å². The van der Waals surface area contributed by atoms with Crippen LogP contribution >= 0.6 is 7.67 Å². The van der Waals surface area contributed by atoms with Crippen molar-refractivity contribution in [2.24, 2.45) is 11.8 Å². The third kappa shape index (κ3) is 6.66. The Kier molecular flexibility index (Phi) is 10.1. The molecule has 1 saturated heterocycles. The molecule has 15 nitrogen and oxygen atoms in total. The van der Waals surface area contributed by atoms with Crippen LogP contribution in [0.15, 0.2) is 17.1 Å². The first-order chi connectivity index (χ1) is 19.0. The lowest BCUT2D eigenvalue weighted by Gasteiger charge is -2.31. The number of anilines is 1. The minimum atomic E-state index is -4.25. The lowest BCUT2D eigenvalue weighted by atomic mass is 10.1. The van der Waals surface area contributed by atoms with Gasteiger partial charge in [0.05, 0.1) is 20.8 Å². The van der Waals surface area contributed by atoms with Crippen molar-refractivity contribution in [1.29, 1.82) is 0 Å². The van der Waals surface area contributed by atoms with Crippen molar-refractivity contribution < 1.29 is 43.1 Å². The summed E-state index contributed by atoms with van der Waals surface area (Å²) in [7, 11) is -1.85. The number of nitrogens with zero attached hydrogens (tertiary/aromatic N) is 2. The number of nitrogens with one attached hydrogen (secondary N) is 2. The molecule has 1 aliphatic carbocycles. The number of nitrogen functional groups attached to an aromatic ring is 1. The van der Waals surface area contributed by atoms with Crippen LogP contribution in [-0.4, -0.2) is 88.0 Å². The van der Waals surface area contributed by atoms with Gasteiger partial charge in [-0.15, -0.1) is 0 Å². The number of aliphatic hydroxyl groups excluding tert-OH is 1. The molecule has 0 bridgehead atoms. The third-order valence-corrected chi connectivity index (χ3v) is 9.25. The van der Waals surface area contributed by atoms with E-state index in [-0.39, 0.29) is 30.5 Å². The van der Waals surface area contributed by atoms with E-state index in [9.17, 15) is 29.2 Å². The topological polar surface area (TPSA) is 214 Å². The highest BCUT2D eigenvalue weighted by molar-refractivity contribution is 7.54. The van der Waals surface area contributed by atoms with E-state index in [0.29, 0.717) is 0 Å². The van der Waals surface area contributed by atoms with E-state index < -0.39 is 73.4 Å². The van der Waals surface area contributed by atoms with E-state index in [1.54, 1.807) is 0 Å². The fraction of sp³-hybridized carbons (Fsp3) is 0.760. The molecule has 0 aromatic carbocycles. The predicted molar refractivity (Wildman–Crippen MR) is 147 cm³/mol. The number of aliphatic hydroxyl groups is 2. The van der Waals surface area contributed by atoms with Gasteiger partial charge in [-0.2, -0.15) is 4.98 Å². The molecule has 7 unspecified atom stereocenters. The number of carbonyl (C=O) groups is 2. The summed E-state index contributed by atoms with van der Waals surface area (Å²) in [6, 6.07) is -1.70. The summed E-state index contributed by atoms with van der Waals surface area (Å²) < 4.78 is 36.8. The summed E-state index contributed by atoms with van der Waals surface area (Å²) >= 11 is 0. The molecule has 6 N–H and O–H groups in total. The van der Waals surface area contributed by atoms with Crippen molar-refractivity contribution in [3.05, 3.63) is 22.7 Å². The van der Waals surface area contributed by atoms with Gasteiger partial charge in [0, 0.05) is 6.20 Å². The van der Waals surface area contributed by atoms with Crippen molar-refractivity contribution in [2.45, 2.75) is 89.0 Å². The summed E-state index contributed by atoms with van der Waals surface area (Å²) in [5, 5.41) is 27.8. The van der Waals surface area contributed by atoms with Gasteiger partial charge in [0.25, 0.3) is 0 Å². The molecule has 0 radical (unpaired) electrons. The quantitative estimate of drug-likeness (QED) is 0.141. The van der Waals surface area contributed by atoms with Gasteiger partial charge in [0.15, 0.2) is 0 Å². The highest BCUT2D eigenvalue weighted by Gasteiger charge is 2.85. The second-order valence-electron chi connectivity index (χ2n) is 11.5. The number of rotatable bonds is 14. The third-order valence-electron chi connectivity index (χ3n) is 7.44. The van der Waals surface area contributed by atoms with Gasteiger partial charge in [0.1, 0.15) is 47.4 Å². The zero-order valence-corrected chi connectivity index (χ0v) is 25.3. The molecular weight excluding hydrogens is 561 g/mol. The minimum Gasteiger partial charge on any atom is -0.468 e. The van der Waals surface area contributed by atoms with Crippen LogP contribution in [0.5, 0.6) is 0 Å². The fourth-order valence-corrected chi connectivity index (χ4v) is 7.23. The van der Waals surface area contributed by atoms with Gasteiger partial charge in [-0.25, -0.2) is 15.0 Å². The second kappa shape index (κ2) is 12.5. The lowest BCUT2D eigenvalue weighted by molar-refractivity contribution is -0.143. The number of aromatic nitrogens is 2. The fourth-order valence-electron chi connectivity index (χ4n) is 5.41. The molecule has 2 heterocycles. The Balaban J connectivity index is 1.84. The monoisotopic (exact) mass is 603 g/mol. The van der Waals surface area contributed by atoms with Crippen LogP contribution < -0.4 is 21.6 Å². The van der Waals surface area contributed by atoms with E-state index in [0.717, 1.165) is 4.57 Å². The molecule has 1 aromatic rings. The first kappa shape index (κ1) is 33.1. The van der Waals surface area contributed by atoms with Gasteiger partial charge in [-0.1, -0.05) is 27.7 Å². The minimum absolute atomic E-state index is 0.00292. The van der Waals surface area contributed by atoms with Crippen LogP contribution in [0.2, 0.25) is 0 Å². The van der Waals surface area contributed by atoms with Crippen LogP contribution in [0.3, 0.4) is 0 Å². The first-order valence-corrected chi connectivity index (χ1v) is 15.0. The van der Waals surface area contributed by atoms with Crippen LogP contribution in [0, 0.1) is 11.8 Å². The smallest absolute Gasteiger partial charge is 0.349 e. The second-order valence-corrected chi connectivity index (χ2v) is 13.4. The Morgan fingerprint density at radius 3 is 2.05 bits per heavy atom. The van der Waals surface area contributed by atoms with E-state index in [1.807, 2.05) is 27.7 Å². The predicted octanol–water partition coefficient (Wildman–Crippen LogP) is 0.109. The molecule has 1 aromatic heterocycles. The molecule has 1 saturated carbocycles. The van der Waals surface area contributed by atoms with Crippen LogP contribution in [-0.2, 0) is 32.9 Å². The Hall–Kier alpha value is -2.39. The summed E-state index contributed by atoms with van der Waals surface area (Å²) in [5.41, 5.74) is 1.55. The molecule has 2 aliphatic rings. The standard InChI is InChI=1S/C25H42N5O10P/c1-13(2)10-15(20(32)37-6)28-41(36,29-16(11-14(3)4)21(33)38-7)39-12-17-19(31)25(35)22(24(25,5)40-17)30-9-8-18(26)27-23(30)34/h8-9,13-17,19,22,31,35H,10-12H2,1-7H3,(H2,26,27,34)(H2,28,29,36). The van der Waals surface area contributed by atoms with E-state index >= 15 is 0 Å². The number of hydrogen-bond acceptors (Lipinski definition) is 12. The maximum Gasteiger partial charge on any atom is 0.349 e. The number of fused-ring (bicyclic) bond motifs is 1. The Bertz CT molecular complexity index is 1190. The Labute approximate surface area is 238 Å². The molecule has 3 rings (SSSR count). The molecule has 2 fully saturated rings. The number of hydrogen-bond donors (Lipinski definition) is 5. The molecule has 7 atom stereocenters. The van der Waals surface area contributed by atoms with Gasteiger partial charge in [-0.3, -0.25) is 18.7 Å². The molecule has 232 valence electrons. The maximum absolute atomic E-state index is 14.2. The SMILES string of the molecule is COC(=O)C(CC(C)C)NP(=O)(NC(CC(C)C)C(=O)OC)OCC1OC2(C)C(n3ccc(N)nc3=O)C2(O)C1O. The maximum atomic E-state index is 14.2. The van der Waals surface area contributed by atoms with Crippen molar-refractivity contribution in [3.63, 3.8) is 0 Å². The Morgan fingerprint density at radius 2 is 1.66 bits per heavy atom. The Morgan fingerprint density at radius 1 is 1.15 bits per heavy atom. The summed E-state index contributed by atoms with van der Waals surface area (Å²) in [4.78, 5) is 41.1. The molecular formula is C25H42N5O10P. The average Bonchev–Trinajstić information content (AvgIpc) is 3.29. The molecule has 41 heavy (non-hydrogen) atoms. The van der Waals surface area contributed by atoms with Crippen LogP contribution in [0.4, 0.5) is 5.82 Å². The van der Waals surface area contributed by atoms with Crippen LogP contribution in [0.25, 0.3) is 0 Å².